The lowest BCUT2D eigenvalue weighted by Crippen LogP contribution is -2.23. The Labute approximate surface area is 142 Å². The molecule has 1 aromatic carbocycles. The lowest BCUT2D eigenvalue weighted by atomic mass is 10.2. The molecule has 3 rings (SSSR count). The first-order valence-electron chi connectivity index (χ1n) is 7.49. The summed E-state index contributed by atoms with van der Waals surface area (Å²) >= 11 is 1.35. The van der Waals surface area contributed by atoms with Gasteiger partial charge in [0, 0.05) is 25.7 Å². The fourth-order valence-corrected chi connectivity index (χ4v) is 3.51. The average molecular weight is 341 g/mol. The number of nitrogens with one attached hydrogen (secondary N) is 1. The number of benzene rings is 1. The van der Waals surface area contributed by atoms with Crippen LogP contribution in [0.3, 0.4) is 0 Å². The van der Waals surface area contributed by atoms with E-state index in [1.165, 1.54) is 17.4 Å². The van der Waals surface area contributed by atoms with Crippen molar-refractivity contribution in [3.05, 3.63) is 57.0 Å². The van der Waals surface area contributed by atoms with Crippen molar-refractivity contribution in [1.29, 1.82) is 5.26 Å². The molecule has 0 amide bonds. The summed E-state index contributed by atoms with van der Waals surface area (Å²) in [7, 11) is 0. The van der Waals surface area contributed by atoms with E-state index in [9.17, 15) is 15.4 Å². The summed E-state index contributed by atoms with van der Waals surface area (Å²) in [5.41, 5.74) is 0.869. The Kier molecular flexibility index (Phi) is 4.44. The molecule has 1 saturated heterocycles. The Morgan fingerprint density at radius 2 is 2.38 bits per heavy atom. The lowest BCUT2D eigenvalue weighted by Gasteiger charge is -2.15. The first-order valence-corrected chi connectivity index (χ1v) is 8.31. The topological polar surface area (TPSA) is 95.1 Å². The van der Waals surface area contributed by atoms with Crippen molar-refractivity contribution in [2.75, 3.05) is 19.6 Å². The molecule has 2 aromatic rings. The molecule has 0 saturated carbocycles. The minimum atomic E-state index is -0.457. The summed E-state index contributed by atoms with van der Waals surface area (Å²) in [6.45, 7) is 3.96. The van der Waals surface area contributed by atoms with E-state index in [0.29, 0.717) is 30.5 Å². The second-order valence-electron chi connectivity index (χ2n) is 5.15. The van der Waals surface area contributed by atoms with Gasteiger partial charge in [-0.2, -0.15) is 5.26 Å². The van der Waals surface area contributed by atoms with Crippen LogP contribution in [-0.4, -0.2) is 34.4 Å². The van der Waals surface area contributed by atoms with Gasteiger partial charge in [0.15, 0.2) is 5.82 Å². The van der Waals surface area contributed by atoms with Crippen LogP contribution >= 0.6 is 11.3 Å². The highest BCUT2D eigenvalue weighted by Gasteiger charge is 2.26. The third-order valence-corrected chi connectivity index (χ3v) is 4.81. The first-order chi connectivity index (χ1) is 11.6. The van der Waals surface area contributed by atoms with Gasteiger partial charge in [-0.1, -0.05) is 12.1 Å². The van der Waals surface area contributed by atoms with Gasteiger partial charge in [0.05, 0.1) is 20.7 Å². The Bertz CT molecular complexity index is 860. The van der Waals surface area contributed by atoms with Gasteiger partial charge in [0.25, 0.3) is 0 Å². The summed E-state index contributed by atoms with van der Waals surface area (Å²) in [6.07, 6.45) is 1.31. The predicted molar refractivity (Wildman–Crippen MR) is 92.5 cm³/mol. The number of aromatic nitrogens is 1. The second kappa shape index (κ2) is 6.68. The van der Waals surface area contributed by atoms with Crippen LogP contribution in [0.4, 0.5) is 0 Å². The Hall–Kier alpha value is -2.92. The molecule has 0 radical (unpaired) electrons. The van der Waals surface area contributed by atoms with Gasteiger partial charge in [-0.15, -0.1) is 11.3 Å². The molecule has 0 bridgehead atoms. The number of allylic oxidation sites excluding steroid dienone is 2. The molecule has 24 heavy (non-hydrogen) atoms. The van der Waals surface area contributed by atoms with Crippen LogP contribution in [0.25, 0.3) is 15.8 Å². The molecule has 1 aliphatic rings. The number of hydrogen-bond donors (Lipinski definition) is 1. The van der Waals surface area contributed by atoms with Crippen molar-refractivity contribution in [3.63, 3.8) is 0 Å². The van der Waals surface area contributed by atoms with E-state index < -0.39 is 4.92 Å². The van der Waals surface area contributed by atoms with E-state index in [1.54, 1.807) is 0 Å². The zero-order chi connectivity index (χ0) is 17.1. The lowest BCUT2D eigenvalue weighted by molar-refractivity contribution is -0.421. The minimum absolute atomic E-state index is 0.106. The molecule has 0 aliphatic carbocycles. The summed E-state index contributed by atoms with van der Waals surface area (Å²) < 4.78 is 0.943. The Morgan fingerprint density at radius 3 is 3.04 bits per heavy atom. The van der Waals surface area contributed by atoms with E-state index in [1.807, 2.05) is 42.2 Å². The average Bonchev–Trinajstić information content (AvgIpc) is 3.21. The van der Waals surface area contributed by atoms with Crippen molar-refractivity contribution in [2.24, 2.45) is 0 Å². The maximum Gasteiger partial charge on any atom is 0.310 e. The van der Waals surface area contributed by atoms with E-state index in [2.05, 4.69) is 10.3 Å². The summed E-state index contributed by atoms with van der Waals surface area (Å²) in [5.74, 6) is 0.455. The molecule has 1 N–H and O–H groups in total. The first kappa shape index (κ1) is 16.0. The summed E-state index contributed by atoms with van der Waals surface area (Å²) in [4.78, 5) is 17.4. The normalized spacial score (nSPS) is 16.8. The molecule has 0 spiro atoms. The fraction of sp³-hybridized carbons (Fsp3) is 0.250. The van der Waals surface area contributed by atoms with E-state index in [-0.39, 0.29) is 11.3 Å². The number of nitriles is 1. The molecule has 7 nitrogen and oxygen atoms in total. The number of rotatable bonds is 4. The molecule has 8 heteroatoms. The monoisotopic (exact) mass is 341 g/mol. The van der Waals surface area contributed by atoms with Crippen molar-refractivity contribution in [3.8, 4) is 6.07 Å². The summed E-state index contributed by atoms with van der Waals surface area (Å²) in [6, 6.07) is 9.58. The second-order valence-corrected chi connectivity index (χ2v) is 6.18. The van der Waals surface area contributed by atoms with Crippen LogP contribution < -0.4 is 5.32 Å². The van der Waals surface area contributed by atoms with Gasteiger partial charge < -0.3 is 10.2 Å². The number of hydrogen-bond acceptors (Lipinski definition) is 7. The minimum Gasteiger partial charge on any atom is -0.364 e. The third kappa shape index (κ3) is 2.94. The highest BCUT2D eigenvalue weighted by atomic mass is 32.1. The summed E-state index contributed by atoms with van der Waals surface area (Å²) in [5, 5.41) is 24.5. The van der Waals surface area contributed by atoms with Gasteiger partial charge in [-0.05, 0) is 19.1 Å². The third-order valence-electron chi connectivity index (χ3n) is 3.74. The van der Waals surface area contributed by atoms with Crippen LogP contribution in [0.15, 0.2) is 41.9 Å². The van der Waals surface area contributed by atoms with Crippen LogP contribution in [0.1, 0.15) is 11.9 Å². The van der Waals surface area contributed by atoms with Crippen molar-refractivity contribution in [1.82, 2.24) is 15.2 Å². The van der Waals surface area contributed by atoms with Crippen molar-refractivity contribution >= 4 is 27.1 Å². The van der Waals surface area contributed by atoms with E-state index >= 15 is 0 Å². The SMILES string of the molecule is CCN1CCN/C1=C(\C=C(/C#N)c1nc2ccccc2s1)[N+](=O)[O-]. The van der Waals surface area contributed by atoms with E-state index in [4.69, 9.17) is 0 Å². The Morgan fingerprint density at radius 1 is 1.58 bits per heavy atom. The number of thiazole rings is 1. The largest absolute Gasteiger partial charge is 0.364 e. The molecule has 0 unspecified atom stereocenters. The van der Waals surface area contributed by atoms with Crippen molar-refractivity contribution in [2.45, 2.75) is 6.92 Å². The van der Waals surface area contributed by atoms with E-state index in [0.717, 1.165) is 10.2 Å². The standard InChI is InChI=1S/C16H15N5O2S/c1-2-20-8-7-18-15(20)13(21(22)23)9-11(10-17)16-19-12-5-3-4-6-14(12)24-16/h3-6,9,18H,2,7-8H2,1H3/b11-9+,15-13-. The van der Waals surface area contributed by atoms with Gasteiger partial charge in [-0.25, -0.2) is 4.98 Å². The number of nitrogens with zero attached hydrogens (tertiary/aromatic N) is 4. The zero-order valence-corrected chi connectivity index (χ0v) is 13.8. The highest BCUT2D eigenvalue weighted by molar-refractivity contribution is 7.19. The predicted octanol–water partition coefficient (Wildman–Crippen LogP) is 2.57. The molecule has 1 fully saturated rings. The highest BCUT2D eigenvalue weighted by Crippen LogP contribution is 2.28. The van der Waals surface area contributed by atoms with Gasteiger partial charge in [0.1, 0.15) is 11.1 Å². The quantitative estimate of drug-likeness (QED) is 0.522. The van der Waals surface area contributed by atoms with Crippen LogP contribution in [0.2, 0.25) is 0 Å². The molecular weight excluding hydrogens is 326 g/mol. The molecule has 1 aliphatic heterocycles. The number of fused-ring (bicyclic) bond motifs is 1. The van der Waals surface area contributed by atoms with Gasteiger partial charge in [-0.3, -0.25) is 10.1 Å². The maximum atomic E-state index is 11.5. The number of nitro groups is 1. The smallest absolute Gasteiger partial charge is 0.310 e. The van der Waals surface area contributed by atoms with Crippen LogP contribution in [-0.2, 0) is 0 Å². The van der Waals surface area contributed by atoms with Crippen LogP contribution in [0, 0.1) is 21.4 Å². The zero-order valence-electron chi connectivity index (χ0n) is 13.0. The molecule has 1 aromatic heterocycles. The maximum absolute atomic E-state index is 11.5. The number of para-hydroxylation sites is 1. The molecule has 2 heterocycles. The molecule has 0 atom stereocenters. The Balaban J connectivity index is 2.09. The fourth-order valence-electron chi connectivity index (χ4n) is 2.58. The van der Waals surface area contributed by atoms with Gasteiger partial charge in [0.2, 0.25) is 0 Å². The van der Waals surface area contributed by atoms with Crippen LogP contribution in [0.5, 0.6) is 0 Å². The van der Waals surface area contributed by atoms with Gasteiger partial charge >= 0.3 is 5.70 Å². The molecule has 122 valence electrons. The number of likely N-dealkylation sites (N-methyl/N-ethyl adjacent to an activating group) is 1. The van der Waals surface area contributed by atoms with Crippen molar-refractivity contribution < 1.29 is 4.92 Å². The molecular formula is C16H15N5O2S.